The fraction of sp³-hybridized carbons (Fsp3) is 0. The van der Waals surface area contributed by atoms with Crippen molar-refractivity contribution in [2.24, 2.45) is 10.4 Å². The van der Waals surface area contributed by atoms with E-state index in [0.29, 0.717) is 0 Å². The number of aromatic nitrogens is 6. The van der Waals surface area contributed by atoms with Crippen LogP contribution in [-0.4, -0.2) is 30.2 Å². The van der Waals surface area contributed by atoms with Crippen LogP contribution in [0.1, 0.15) is 0 Å². The Morgan fingerprint density at radius 2 is 0.850 bits per heavy atom. The molecule has 0 fully saturated rings. The van der Waals surface area contributed by atoms with Crippen molar-refractivity contribution in [1.29, 1.82) is 0 Å². The third kappa shape index (κ3) is 1.79. The molecule has 8 nitrogen and oxygen atoms in total. The maximum Gasteiger partial charge on any atom is 0.115 e. The molecule has 0 amide bonds. The van der Waals surface area contributed by atoms with E-state index >= 15 is 0 Å². The summed E-state index contributed by atoms with van der Waals surface area (Å²) in [5.41, 5.74) is 3.02. The van der Waals surface area contributed by atoms with Crippen LogP contribution in [-0.2, 0) is 0 Å². The molecule has 8 heteroatoms. The summed E-state index contributed by atoms with van der Waals surface area (Å²) in [4.78, 5) is 2.30. The van der Waals surface area contributed by atoms with Gasteiger partial charge in [0.2, 0.25) is 0 Å². The van der Waals surface area contributed by atoms with Crippen molar-refractivity contribution in [2.75, 3.05) is 0 Å². The summed E-state index contributed by atoms with van der Waals surface area (Å²) in [6.45, 7) is 0. The highest BCUT2D eigenvalue weighted by Crippen LogP contribution is 2.08. The number of benzene rings is 2. The van der Waals surface area contributed by atoms with Gasteiger partial charge in [-0.1, -0.05) is 24.3 Å². The normalized spacial score (nSPS) is 11.8. The van der Waals surface area contributed by atoms with Crippen molar-refractivity contribution >= 4 is 22.1 Å². The van der Waals surface area contributed by atoms with Crippen LogP contribution in [0.5, 0.6) is 0 Å². The zero-order valence-corrected chi connectivity index (χ0v) is 10.2. The molecular weight excluding hydrogens is 256 g/mol. The van der Waals surface area contributed by atoms with Crippen LogP contribution < -0.4 is 0 Å². The molecule has 0 bridgehead atoms. The summed E-state index contributed by atoms with van der Waals surface area (Å²) in [5.74, 6) is 0. The Morgan fingerprint density at radius 3 is 1.15 bits per heavy atom. The van der Waals surface area contributed by atoms with Gasteiger partial charge in [-0.2, -0.15) is 0 Å². The summed E-state index contributed by atoms with van der Waals surface area (Å²) in [7, 11) is 0. The average Bonchev–Trinajstić information content (AvgIpc) is 3.07. The minimum absolute atomic E-state index is 0.755. The number of hydrogen-bond acceptors (Lipinski definition) is 6. The lowest BCUT2D eigenvalue weighted by atomic mass is 10.3. The van der Waals surface area contributed by atoms with Crippen molar-refractivity contribution in [2.45, 2.75) is 0 Å². The molecule has 0 spiro atoms. The van der Waals surface area contributed by atoms with E-state index in [0.717, 1.165) is 31.9 Å². The summed E-state index contributed by atoms with van der Waals surface area (Å²) in [6, 6.07) is 15.0. The van der Waals surface area contributed by atoms with Crippen LogP contribution in [0.25, 0.3) is 22.1 Å². The van der Waals surface area contributed by atoms with Gasteiger partial charge < -0.3 is 0 Å². The highest BCUT2D eigenvalue weighted by atomic mass is 15.8. The Morgan fingerprint density at radius 1 is 0.550 bits per heavy atom. The molecule has 2 aromatic heterocycles. The SMILES string of the molecule is c1ccc2nn(N=Nn3nc4ccccc4n3)nc2c1. The van der Waals surface area contributed by atoms with Gasteiger partial charge in [0.1, 0.15) is 22.1 Å². The maximum absolute atomic E-state index is 4.16. The second-order valence-corrected chi connectivity index (χ2v) is 4.09. The van der Waals surface area contributed by atoms with Crippen molar-refractivity contribution in [1.82, 2.24) is 30.2 Å². The molecule has 0 saturated carbocycles. The van der Waals surface area contributed by atoms with Crippen molar-refractivity contribution < 1.29 is 0 Å². The molecule has 0 aliphatic rings. The van der Waals surface area contributed by atoms with Gasteiger partial charge in [0, 0.05) is 0 Å². The summed E-state index contributed by atoms with van der Waals surface area (Å²) in [5, 5.41) is 24.4. The predicted octanol–water partition coefficient (Wildman–Crippen LogP) is 1.85. The maximum atomic E-state index is 4.16. The minimum Gasteiger partial charge on any atom is -0.128 e. The third-order valence-corrected chi connectivity index (χ3v) is 2.75. The van der Waals surface area contributed by atoms with E-state index in [1.807, 2.05) is 48.5 Å². The smallest absolute Gasteiger partial charge is 0.115 e. The minimum atomic E-state index is 0.755. The lowest BCUT2D eigenvalue weighted by Gasteiger charge is -1.85. The lowest BCUT2D eigenvalue weighted by Crippen LogP contribution is -1.97. The quantitative estimate of drug-likeness (QED) is 0.517. The summed E-state index contributed by atoms with van der Waals surface area (Å²) >= 11 is 0. The Labute approximate surface area is 112 Å². The average molecular weight is 264 g/mol. The Kier molecular flexibility index (Phi) is 2.25. The second kappa shape index (κ2) is 4.19. The second-order valence-electron chi connectivity index (χ2n) is 4.09. The first-order chi connectivity index (χ1) is 9.88. The van der Waals surface area contributed by atoms with Gasteiger partial charge in [-0.25, -0.2) is 0 Å². The van der Waals surface area contributed by atoms with E-state index in [1.165, 1.54) is 0 Å². The van der Waals surface area contributed by atoms with E-state index in [4.69, 9.17) is 0 Å². The fourth-order valence-corrected chi connectivity index (χ4v) is 1.85. The van der Waals surface area contributed by atoms with E-state index in [-0.39, 0.29) is 0 Å². The first kappa shape index (κ1) is 10.7. The standard InChI is InChI=1S/C12H8N8/c1-2-6-10-9(5-1)13-19(14-10)17-18-20-15-11-7-3-4-8-12(11)16-20/h1-8H. The molecule has 0 atom stereocenters. The van der Waals surface area contributed by atoms with Gasteiger partial charge >= 0.3 is 0 Å². The van der Waals surface area contributed by atoms with Gasteiger partial charge in [0.25, 0.3) is 0 Å². The molecule has 96 valence electrons. The number of hydrogen-bond donors (Lipinski definition) is 0. The predicted molar refractivity (Wildman–Crippen MR) is 70.7 cm³/mol. The number of fused-ring (bicyclic) bond motifs is 2. The zero-order chi connectivity index (χ0) is 13.4. The molecule has 0 unspecified atom stereocenters. The number of rotatable bonds is 2. The molecule has 0 saturated heterocycles. The lowest BCUT2D eigenvalue weighted by molar-refractivity contribution is 0.511. The number of nitrogens with zero attached hydrogens (tertiary/aromatic N) is 8. The summed E-state index contributed by atoms with van der Waals surface area (Å²) in [6.07, 6.45) is 0. The Bertz CT molecular complexity index is 777. The monoisotopic (exact) mass is 264 g/mol. The van der Waals surface area contributed by atoms with Gasteiger partial charge in [0.15, 0.2) is 0 Å². The summed E-state index contributed by atoms with van der Waals surface area (Å²) < 4.78 is 0. The van der Waals surface area contributed by atoms with E-state index in [9.17, 15) is 0 Å². The first-order valence-electron chi connectivity index (χ1n) is 5.95. The van der Waals surface area contributed by atoms with Gasteiger partial charge in [0.05, 0.1) is 0 Å². The Hall–Kier alpha value is -3.16. The first-order valence-corrected chi connectivity index (χ1v) is 5.95. The van der Waals surface area contributed by atoms with Gasteiger partial charge in [-0.05, 0) is 44.5 Å². The largest absolute Gasteiger partial charge is 0.128 e. The van der Waals surface area contributed by atoms with Crippen molar-refractivity contribution in [3.8, 4) is 0 Å². The molecule has 4 rings (SSSR count). The fourth-order valence-electron chi connectivity index (χ4n) is 1.85. The van der Waals surface area contributed by atoms with Crippen LogP contribution in [0, 0.1) is 0 Å². The van der Waals surface area contributed by atoms with Crippen LogP contribution in [0.4, 0.5) is 0 Å². The van der Waals surface area contributed by atoms with Crippen LogP contribution in [0.15, 0.2) is 59.0 Å². The van der Waals surface area contributed by atoms with E-state index in [2.05, 4.69) is 30.8 Å². The zero-order valence-electron chi connectivity index (χ0n) is 10.2. The van der Waals surface area contributed by atoms with Crippen molar-refractivity contribution in [3.05, 3.63) is 48.5 Å². The topological polar surface area (TPSA) is 86.1 Å². The van der Waals surface area contributed by atoms with Gasteiger partial charge in [-0.15, -0.1) is 20.4 Å². The van der Waals surface area contributed by atoms with Crippen LogP contribution in [0.2, 0.25) is 0 Å². The molecule has 0 aliphatic carbocycles. The van der Waals surface area contributed by atoms with Crippen molar-refractivity contribution in [3.63, 3.8) is 0 Å². The third-order valence-electron chi connectivity index (χ3n) is 2.75. The van der Waals surface area contributed by atoms with Crippen LogP contribution in [0.3, 0.4) is 0 Å². The highest BCUT2D eigenvalue weighted by Gasteiger charge is 2.01. The molecule has 0 radical (unpaired) electrons. The molecular formula is C12H8N8. The molecule has 2 heterocycles. The van der Waals surface area contributed by atoms with E-state index < -0.39 is 0 Å². The molecule has 20 heavy (non-hydrogen) atoms. The molecule has 0 aliphatic heterocycles. The Balaban J connectivity index is 1.70. The van der Waals surface area contributed by atoms with E-state index in [1.54, 1.807) is 0 Å². The molecule has 2 aromatic carbocycles. The van der Waals surface area contributed by atoms with Gasteiger partial charge in [-0.3, -0.25) is 0 Å². The molecule has 0 N–H and O–H groups in total. The van der Waals surface area contributed by atoms with Crippen LogP contribution >= 0.6 is 0 Å². The highest BCUT2D eigenvalue weighted by molar-refractivity contribution is 5.73. The molecule has 4 aromatic rings.